The monoisotopic (exact) mass is 225 g/mol. The van der Waals surface area contributed by atoms with Gasteiger partial charge in [0.15, 0.2) is 0 Å². The number of aromatic amines is 1. The summed E-state index contributed by atoms with van der Waals surface area (Å²) in [6, 6.07) is 0. The molecule has 1 rings (SSSR count). The van der Waals surface area contributed by atoms with E-state index in [1.165, 1.54) is 17.3 Å². The van der Waals surface area contributed by atoms with Crippen LogP contribution in [-0.4, -0.2) is 47.2 Å². The number of amides is 1. The number of carbonyl (C=O) groups excluding carboxylic acids is 2. The number of H-pyrrole nitrogens is 1. The Morgan fingerprint density at radius 2 is 2.31 bits per heavy atom. The van der Waals surface area contributed by atoms with Crippen molar-refractivity contribution in [1.29, 1.82) is 0 Å². The van der Waals surface area contributed by atoms with Crippen molar-refractivity contribution in [2.24, 2.45) is 0 Å². The average Bonchev–Trinajstić information content (AvgIpc) is 2.78. The molecule has 0 aliphatic carbocycles. The molecule has 1 aromatic heterocycles. The topological polar surface area (TPSA) is 75.3 Å². The maximum atomic E-state index is 11.7. The van der Waals surface area contributed by atoms with Crippen LogP contribution < -0.4 is 0 Å². The highest BCUT2D eigenvalue weighted by atomic mass is 16.5. The van der Waals surface area contributed by atoms with Crippen LogP contribution in [0, 0.1) is 0 Å². The van der Waals surface area contributed by atoms with Crippen LogP contribution in [0.2, 0.25) is 0 Å². The largest absolute Gasteiger partial charge is 0.466 e. The number of ether oxygens (including phenoxy) is 1. The van der Waals surface area contributed by atoms with Gasteiger partial charge in [0.25, 0.3) is 5.91 Å². The molecule has 0 radical (unpaired) electrons. The van der Waals surface area contributed by atoms with E-state index in [0.29, 0.717) is 18.7 Å². The maximum Gasteiger partial charge on any atom is 0.307 e. The molecular formula is C10H15N3O3. The Labute approximate surface area is 93.6 Å². The number of carbonyl (C=O) groups is 2. The molecular weight excluding hydrogens is 210 g/mol. The van der Waals surface area contributed by atoms with Gasteiger partial charge in [0.05, 0.1) is 24.8 Å². The van der Waals surface area contributed by atoms with Crippen molar-refractivity contribution < 1.29 is 14.3 Å². The average molecular weight is 225 g/mol. The zero-order chi connectivity index (χ0) is 12.0. The minimum Gasteiger partial charge on any atom is -0.466 e. The van der Waals surface area contributed by atoms with E-state index in [1.807, 2.05) is 0 Å². The fraction of sp³-hybridized carbons (Fsp3) is 0.500. The SMILES string of the molecule is CCOC(=O)CCN(C)C(=O)c1cn[nH]c1. The number of nitrogens with one attached hydrogen (secondary N) is 1. The molecule has 0 aliphatic rings. The first-order valence-electron chi connectivity index (χ1n) is 5.05. The molecule has 0 spiro atoms. The van der Waals surface area contributed by atoms with E-state index < -0.39 is 0 Å². The third kappa shape index (κ3) is 3.38. The Balaban J connectivity index is 2.38. The Hall–Kier alpha value is -1.85. The highest BCUT2D eigenvalue weighted by molar-refractivity contribution is 5.93. The van der Waals surface area contributed by atoms with Gasteiger partial charge in [-0.3, -0.25) is 14.7 Å². The summed E-state index contributed by atoms with van der Waals surface area (Å²) in [6.45, 7) is 2.44. The lowest BCUT2D eigenvalue weighted by atomic mass is 10.3. The van der Waals surface area contributed by atoms with E-state index in [0.717, 1.165) is 0 Å². The fourth-order valence-electron chi connectivity index (χ4n) is 1.18. The summed E-state index contributed by atoms with van der Waals surface area (Å²) in [7, 11) is 1.63. The first kappa shape index (κ1) is 12.2. The second-order valence-corrected chi connectivity index (χ2v) is 3.27. The van der Waals surface area contributed by atoms with Crippen LogP contribution in [0.4, 0.5) is 0 Å². The van der Waals surface area contributed by atoms with Crippen molar-refractivity contribution in [3.63, 3.8) is 0 Å². The van der Waals surface area contributed by atoms with Gasteiger partial charge in [0.2, 0.25) is 0 Å². The molecule has 1 heterocycles. The van der Waals surface area contributed by atoms with Gasteiger partial charge in [-0.2, -0.15) is 5.10 Å². The van der Waals surface area contributed by atoms with Gasteiger partial charge in [0.1, 0.15) is 0 Å². The molecule has 88 valence electrons. The summed E-state index contributed by atoms with van der Waals surface area (Å²) in [5, 5.41) is 6.25. The Morgan fingerprint density at radius 3 is 2.88 bits per heavy atom. The Morgan fingerprint density at radius 1 is 1.56 bits per heavy atom. The summed E-state index contributed by atoms with van der Waals surface area (Å²) in [5.74, 6) is -0.465. The quantitative estimate of drug-likeness (QED) is 0.737. The molecule has 0 fully saturated rings. The van der Waals surface area contributed by atoms with Gasteiger partial charge in [-0.25, -0.2) is 0 Å². The van der Waals surface area contributed by atoms with Gasteiger partial charge in [-0.15, -0.1) is 0 Å². The summed E-state index contributed by atoms with van der Waals surface area (Å²) >= 11 is 0. The van der Waals surface area contributed by atoms with Crippen LogP contribution in [0.1, 0.15) is 23.7 Å². The minimum atomic E-state index is -0.297. The molecule has 0 saturated carbocycles. The second-order valence-electron chi connectivity index (χ2n) is 3.27. The van der Waals surface area contributed by atoms with Gasteiger partial charge in [-0.05, 0) is 6.92 Å². The molecule has 0 bridgehead atoms. The van der Waals surface area contributed by atoms with Crippen LogP contribution in [-0.2, 0) is 9.53 Å². The predicted molar refractivity (Wildman–Crippen MR) is 56.8 cm³/mol. The summed E-state index contributed by atoms with van der Waals surface area (Å²) in [4.78, 5) is 24.2. The highest BCUT2D eigenvalue weighted by Crippen LogP contribution is 2.01. The molecule has 1 aromatic rings. The fourth-order valence-corrected chi connectivity index (χ4v) is 1.18. The first-order chi connectivity index (χ1) is 7.65. The highest BCUT2D eigenvalue weighted by Gasteiger charge is 2.13. The molecule has 1 N–H and O–H groups in total. The Kier molecular flexibility index (Phi) is 4.50. The van der Waals surface area contributed by atoms with Crippen LogP contribution >= 0.6 is 0 Å². The van der Waals surface area contributed by atoms with E-state index in [9.17, 15) is 9.59 Å². The van der Waals surface area contributed by atoms with E-state index in [4.69, 9.17) is 4.74 Å². The van der Waals surface area contributed by atoms with E-state index >= 15 is 0 Å². The smallest absolute Gasteiger partial charge is 0.307 e. The van der Waals surface area contributed by atoms with E-state index in [-0.39, 0.29) is 18.3 Å². The number of rotatable bonds is 5. The normalized spacial score (nSPS) is 9.88. The number of hydrogen-bond acceptors (Lipinski definition) is 4. The van der Waals surface area contributed by atoms with Crippen molar-refractivity contribution in [1.82, 2.24) is 15.1 Å². The van der Waals surface area contributed by atoms with Gasteiger partial charge in [-0.1, -0.05) is 0 Å². The van der Waals surface area contributed by atoms with Crippen LogP contribution in [0.25, 0.3) is 0 Å². The molecule has 0 atom stereocenters. The van der Waals surface area contributed by atoms with Gasteiger partial charge >= 0.3 is 5.97 Å². The number of aromatic nitrogens is 2. The van der Waals surface area contributed by atoms with E-state index in [2.05, 4.69) is 10.2 Å². The molecule has 6 nitrogen and oxygen atoms in total. The zero-order valence-corrected chi connectivity index (χ0v) is 9.40. The van der Waals surface area contributed by atoms with Crippen molar-refractivity contribution in [3.8, 4) is 0 Å². The van der Waals surface area contributed by atoms with Crippen molar-refractivity contribution in [3.05, 3.63) is 18.0 Å². The van der Waals surface area contributed by atoms with Crippen LogP contribution in [0.5, 0.6) is 0 Å². The number of esters is 1. The van der Waals surface area contributed by atoms with Crippen molar-refractivity contribution in [2.45, 2.75) is 13.3 Å². The predicted octanol–water partition coefficient (Wildman–Crippen LogP) is 0.435. The lowest BCUT2D eigenvalue weighted by Crippen LogP contribution is -2.29. The molecule has 6 heteroatoms. The molecule has 1 amide bonds. The lowest BCUT2D eigenvalue weighted by molar-refractivity contribution is -0.143. The van der Waals surface area contributed by atoms with Crippen molar-refractivity contribution in [2.75, 3.05) is 20.2 Å². The molecule has 0 aromatic carbocycles. The van der Waals surface area contributed by atoms with Crippen LogP contribution in [0.15, 0.2) is 12.4 Å². The number of hydrogen-bond donors (Lipinski definition) is 1. The summed E-state index contributed by atoms with van der Waals surface area (Å²) in [6.07, 6.45) is 3.17. The second kappa shape index (κ2) is 5.89. The summed E-state index contributed by atoms with van der Waals surface area (Å²) < 4.78 is 4.77. The third-order valence-corrected chi connectivity index (χ3v) is 2.05. The molecule has 0 aliphatic heterocycles. The lowest BCUT2D eigenvalue weighted by Gasteiger charge is -2.15. The Bertz CT molecular complexity index is 348. The van der Waals surface area contributed by atoms with Crippen LogP contribution in [0.3, 0.4) is 0 Å². The number of nitrogens with zero attached hydrogens (tertiary/aromatic N) is 2. The first-order valence-corrected chi connectivity index (χ1v) is 5.05. The maximum absolute atomic E-state index is 11.7. The minimum absolute atomic E-state index is 0.168. The standard InChI is InChI=1S/C10H15N3O3/c1-3-16-9(14)4-5-13(2)10(15)8-6-11-12-7-8/h6-7H,3-5H2,1-2H3,(H,11,12). The molecule has 16 heavy (non-hydrogen) atoms. The third-order valence-electron chi connectivity index (χ3n) is 2.05. The van der Waals surface area contributed by atoms with Gasteiger partial charge in [0, 0.05) is 19.8 Å². The summed E-state index contributed by atoms with van der Waals surface area (Å²) in [5.41, 5.74) is 0.478. The van der Waals surface area contributed by atoms with Crippen molar-refractivity contribution >= 4 is 11.9 Å². The molecule has 0 unspecified atom stereocenters. The van der Waals surface area contributed by atoms with E-state index in [1.54, 1.807) is 14.0 Å². The zero-order valence-electron chi connectivity index (χ0n) is 9.40. The van der Waals surface area contributed by atoms with Gasteiger partial charge < -0.3 is 9.64 Å². The molecule has 0 saturated heterocycles.